The zero-order valence-electron chi connectivity index (χ0n) is 16.8. The van der Waals surface area contributed by atoms with Crippen LogP contribution in [0.2, 0.25) is 0 Å². The molecule has 0 fully saturated rings. The first-order valence-electron chi connectivity index (χ1n) is 10.4. The molecule has 1 aliphatic heterocycles. The van der Waals surface area contributed by atoms with Gasteiger partial charge in [0.25, 0.3) is 5.91 Å². The predicted octanol–water partition coefficient (Wildman–Crippen LogP) is 4.10. The number of pyridine rings is 1. The van der Waals surface area contributed by atoms with Crippen LogP contribution in [0.4, 0.5) is 5.69 Å². The second kappa shape index (κ2) is 8.03. The molecule has 1 aliphatic rings. The first-order valence-corrected chi connectivity index (χ1v) is 10.4. The van der Waals surface area contributed by atoms with Crippen LogP contribution in [0.15, 0.2) is 73.1 Å². The maximum Gasteiger partial charge on any atom is 0.269 e. The van der Waals surface area contributed by atoms with E-state index in [4.69, 9.17) is 0 Å². The summed E-state index contributed by atoms with van der Waals surface area (Å²) in [4.78, 5) is 22.5. The topological polar surface area (TPSA) is 61.0 Å². The molecule has 0 spiro atoms. The number of rotatable bonds is 5. The second-order valence-electron chi connectivity index (χ2n) is 7.71. The number of anilines is 1. The van der Waals surface area contributed by atoms with E-state index in [1.165, 1.54) is 22.1 Å². The van der Waals surface area contributed by atoms with E-state index in [1.54, 1.807) is 0 Å². The molecule has 0 saturated heterocycles. The monoisotopic (exact) mass is 396 g/mol. The average molecular weight is 396 g/mol. The molecule has 150 valence electrons. The Balaban J connectivity index is 1.19. The Morgan fingerprint density at radius 1 is 1.03 bits per heavy atom. The number of nitrogens with one attached hydrogen (secondary N) is 2. The van der Waals surface area contributed by atoms with Crippen molar-refractivity contribution in [1.82, 2.24) is 15.3 Å². The van der Waals surface area contributed by atoms with E-state index in [1.807, 2.05) is 36.7 Å². The molecule has 4 aromatic rings. The van der Waals surface area contributed by atoms with Gasteiger partial charge in [0.15, 0.2) is 0 Å². The molecule has 0 atom stereocenters. The van der Waals surface area contributed by atoms with Gasteiger partial charge in [-0.15, -0.1) is 0 Å². The van der Waals surface area contributed by atoms with E-state index in [9.17, 15) is 4.79 Å². The van der Waals surface area contributed by atoms with Gasteiger partial charge < -0.3 is 15.2 Å². The highest BCUT2D eigenvalue weighted by Gasteiger charge is 2.17. The van der Waals surface area contributed by atoms with Gasteiger partial charge in [-0.2, -0.15) is 0 Å². The van der Waals surface area contributed by atoms with Crippen LogP contribution in [0, 0.1) is 0 Å². The van der Waals surface area contributed by atoms with E-state index in [2.05, 4.69) is 56.6 Å². The van der Waals surface area contributed by atoms with E-state index in [0.29, 0.717) is 12.2 Å². The van der Waals surface area contributed by atoms with Crippen molar-refractivity contribution in [3.05, 3.63) is 95.4 Å². The number of carbonyl (C=O) groups excluding carboxylic acids is 1. The number of nitrogens with zero attached hydrogens (tertiary/aromatic N) is 2. The molecule has 0 radical (unpaired) electrons. The lowest BCUT2D eigenvalue weighted by molar-refractivity contribution is 0.0949. The van der Waals surface area contributed by atoms with Crippen molar-refractivity contribution in [2.45, 2.75) is 19.4 Å². The Labute approximate surface area is 175 Å². The minimum Gasteiger partial charge on any atom is -0.366 e. The minimum atomic E-state index is -0.134. The highest BCUT2D eigenvalue weighted by Crippen LogP contribution is 2.24. The highest BCUT2D eigenvalue weighted by molar-refractivity contribution is 5.92. The number of amides is 1. The summed E-state index contributed by atoms with van der Waals surface area (Å²) in [7, 11) is 0. The molecule has 0 saturated carbocycles. The maximum atomic E-state index is 12.5. The quantitative estimate of drug-likeness (QED) is 0.534. The Morgan fingerprint density at radius 3 is 2.73 bits per heavy atom. The van der Waals surface area contributed by atoms with E-state index < -0.39 is 0 Å². The Hall–Kier alpha value is -3.60. The van der Waals surface area contributed by atoms with Crippen molar-refractivity contribution in [2.24, 2.45) is 0 Å². The third-order valence-electron chi connectivity index (χ3n) is 5.83. The molecule has 2 aromatic carbocycles. The number of H-pyrrole nitrogens is 1. The number of hydrogen-bond donors (Lipinski definition) is 2. The maximum absolute atomic E-state index is 12.5. The summed E-state index contributed by atoms with van der Waals surface area (Å²) in [6.45, 7) is 2.43. The molecule has 5 nitrogen and oxygen atoms in total. The van der Waals surface area contributed by atoms with Crippen LogP contribution in [0.3, 0.4) is 0 Å². The van der Waals surface area contributed by atoms with Crippen LogP contribution >= 0.6 is 0 Å². The summed E-state index contributed by atoms with van der Waals surface area (Å²) in [6, 6.07) is 20.6. The second-order valence-corrected chi connectivity index (χ2v) is 7.71. The number of carbonyl (C=O) groups is 1. The van der Waals surface area contributed by atoms with Gasteiger partial charge in [0.05, 0.1) is 11.9 Å². The van der Waals surface area contributed by atoms with Gasteiger partial charge >= 0.3 is 0 Å². The van der Waals surface area contributed by atoms with Crippen LogP contribution < -0.4 is 10.2 Å². The van der Waals surface area contributed by atoms with Gasteiger partial charge in [-0.05, 0) is 47.7 Å². The van der Waals surface area contributed by atoms with Crippen LogP contribution in [-0.2, 0) is 19.4 Å². The van der Waals surface area contributed by atoms with Gasteiger partial charge in [0.1, 0.15) is 5.69 Å². The number of aromatic amines is 1. The number of benzene rings is 2. The smallest absolute Gasteiger partial charge is 0.269 e. The van der Waals surface area contributed by atoms with Crippen LogP contribution in [0.1, 0.15) is 27.2 Å². The van der Waals surface area contributed by atoms with Gasteiger partial charge in [0.2, 0.25) is 0 Å². The van der Waals surface area contributed by atoms with Crippen molar-refractivity contribution >= 4 is 22.5 Å². The van der Waals surface area contributed by atoms with E-state index in [-0.39, 0.29) is 5.91 Å². The largest absolute Gasteiger partial charge is 0.366 e. The highest BCUT2D eigenvalue weighted by atomic mass is 16.1. The van der Waals surface area contributed by atoms with Crippen molar-refractivity contribution in [3.63, 3.8) is 0 Å². The molecule has 0 bridgehead atoms. The summed E-state index contributed by atoms with van der Waals surface area (Å²) in [5.41, 5.74) is 6.63. The van der Waals surface area contributed by atoms with Crippen LogP contribution in [0.25, 0.3) is 10.9 Å². The van der Waals surface area contributed by atoms with Gasteiger partial charge in [-0.1, -0.05) is 42.5 Å². The van der Waals surface area contributed by atoms with Gasteiger partial charge in [0, 0.05) is 36.7 Å². The first kappa shape index (κ1) is 18.4. The number of aromatic nitrogens is 2. The molecule has 2 N–H and O–H groups in total. The predicted molar refractivity (Wildman–Crippen MR) is 120 cm³/mol. The average Bonchev–Trinajstić information content (AvgIpc) is 3.22. The zero-order chi connectivity index (χ0) is 20.3. The number of hydrogen-bond acceptors (Lipinski definition) is 3. The standard InChI is InChI=1S/C25H24N4O/c30-25(26-13-11-19-15-27-23-8-4-3-7-22(19)23)24-10-9-21(16-28-24)29-14-12-18-5-1-2-6-20(18)17-29/h1-10,15-16,27H,11-14,17H2,(H,26,30). The minimum absolute atomic E-state index is 0.134. The fourth-order valence-corrected chi connectivity index (χ4v) is 4.16. The molecule has 3 heterocycles. The molecular weight excluding hydrogens is 372 g/mol. The van der Waals surface area contributed by atoms with Crippen molar-refractivity contribution < 1.29 is 4.79 Å². The zero-order valence-corrected chi connectivity index (χ0v) is 16.8. The Kier molecular flexibility index (Phi) is 4.93. The first-order chi connectivity index (χ1) is 14.8. The summed E-state index contributed by atoms with van der Waals surface area (Å²) in [6.07, 6.45) is 5.64. The Bertz CT molecular complexity index is 1180. The van der Waals surface area contributed by atoms with Crippen molar-refractivity contribution in [1.29, 1.82) is 0 Å². The molecule has 30 heavy (non-hydrogen) atoms. The summed E-state index contributed by atoms with van der Waals surface area (Å²) in [5, 5.41) is 4.19. The lowest BCUT2D eigenvalue weighted by Crippen LogP contribution is -2.30. The van der Waals surface area contributed by atoms with E-state index >= 15 is 0 Å². The summed E-state index contributed by atoms with van der Waals surface area (Å²) < 4.78 is 0. The summed E-state index contributed by atoms with van der Waals surface area (Å²) >= 11 is 0. The molecule has 1 amide bonds. The third kappa shape index (κ3) is 3.66. The fraction of sp³-hybridized carbons (Fsp3) is 0.200. The summed E-state index contributed by atoms with van der Waals surface area (Å²) in [5.74, 6) is -0.134. The van der Waals surface area contributed by atoms with Crippen LogP contribution in [0.5, 0.6) is 0 Å². The van der Waals surface area contributed by atoms with Crippen LogP contribution in [-0.4, -0.2) is 29.0 Å². The van der Waals surface area contributed by atoms with Gasteiger partial charge in [-0.3, -0.25) is 4.79 Å². The van der Waals surface area contributed by atoms with Gasteiger partial charge in [-0.25, -0.2) is 4.98 Å². The van der Waals surface area contributed by atoms with Crippen molar-refractivity contribution in [3.8, 4) is 0 Å². The molecular formula is C25H24N4O. The fourth-order valence-electron chi connectivity index (χ4n) is 4.16. The molecule has 0 unspecified atom stereocenters. The van der Waals surface area contributed by atoms with Crippen molar-refractivity contribution in [2.75, 3.05) is 18.0 Å². The molecule has 5 rings (SSSR count). The molecule has 2 aromatic heterocycles. The lowest BCUT2D eigenvalue weighted by Gasteiger charge is -2.30. The third-order valence-corrected chi connectivity index (χ3v) is 5.83. The van der Waals surface area contributed by atoms with E-state index in [0.717, 1.165) is 37.1 Å². The normalized spacial score (nSPS) is 13.3. The number of para-hydroxylation sites is 1. The number of fused-ring (bicyclic) bond motifs is 2. The lowest BCUT2D eigenvalue weighted by atomic mass is 10.00. The SMILES string of the molecule is O=C(NCCc1c[nH]c2ccccc12)c1ccc(N2CCc3ccccc3C2)cn1. The molecule has 0 aliphatic carbocycles. The molecule has 5 heteroatoms. The Morgan fingerprint density at radius 2 is 1.87 bits per heavy atom.